The number of nitrogens with zero attached hydrogens (tertiary/aromatic N) is 1. The van der Waals surface area contributed by atoms with Gasteiger partial charge in [-0.15, -0.1) is 0 Å². The van der Waals surface area contributed by atoms with Gasteiger partial charge in [-0.3, -0.25) is 4.79 Å². The first-order chi connectivity index (χ1) is 11.6. The molecule has 7 heteroatoms. The minimum absolute atomic E-state index is 0.248. The van der Waals surface area contributed by atoms with E-state index in [2.05, 4.69) is 15.6 Å². The van der Waals surface area contributed by atoms with Gasteiger partial charge in [0.1, 0.15) is 5.69 Å². The summed E-state index contributed by atoms with van der Waals surface area (Å²) in [5, 5.41) is 6.66. The van der Waals surface area contributed by atoms with E-state index in [1.54, 1.807) is 30.5 Å². The number of nitrogens with one attached hydrogen (secondary N) is 2. The molecule has 5 nitrogen and oxygen atoms in total. The number of hydrogen-bond donors (Lipinski definition) is 2. The molecule has 2 aromatic rings. The van der Waals surface area contributed by atoms with Crippen molar-refractivity contribution in [2.75, 3.05) is 23.8 Å². The standard InChI is InChI=1S/C17H17Cl2N3O2/c18-13-4-1-5-14(16(13)19)22-17(23)15-7-6-11(9-21-15)20-10-12-3-2-8-24-12/h1,4-7,9,12,20H,2-3,8,10H2,(H,22,23). The van der Waals surface area contributed by atoms with Gasteiger partial charge in [0.25, 0.3) is 5.91 Å². The maximum Gasteiger partial charge on any atom is 0.274 e. The van der Waals surface area contributed by atoms with Crippen molar-refractivity contribution >= 4 is 40.5 Å². The van der Waals surface area contributed by atoms with Gasteiger partial charge < -0.3 is 15.4 Å². The number of carbonyl (C=O) groups excluding carboxylic acids is 1. The molecule has 1 saturated heterocycles. The molecule has 1 aromatic heterocycles. The maximum absolute atomic E-state index is 12.2. The molecular formula is C17H17Cl2N3O2. The molecular weight excluding hydrogens is 349 g/mol. The molecule has 1 aliphatic heterocycles. The van der Waals surface area contributed by atoms with Crippen LogP contribution in [0.1, 0.15) is 23.3 Å². The van der Waals surface area contributed by atoms with Crippen LogP contribution < -0.4 is 10.6 Å². The third-order valence-corrected chi connectivity index (χ3v) is 4.57. The molecule has 0 saturated carbocycles. The Bertz CT molecular complexity index is 716. The average molecular weight is 366 g/mol. The molecule has 1 unspecified atom stereocenters. The van der Waals surface area contributed by atoms with Crippen LogP contribution in [0, 0.1) is 0 Å². The van der Waals surface area contributed by atoms with Crippen molar-refractivity contribution < 1.29 is 9.53 Å². The monoisotopic (exact) mass is 365 g/mol. The minimum Gasteiger partial charge on any atom is -0.381 e. The van der Waals surface area contributed by atoms with Gasteiger partial charge in [-0.2, -0.15) is 0 Å². The molecule has 1 amide bonds. The van der Waals surface area contributed by atoms with Gasteiger partial charge in [-0.25, -0.2) is 4.98 Å². The number of rotatable bonds is 5. The predicted molar refractivity (Wildman–Crippen MR) is 96.1 cm³/mol. The normalized spacial score (nSPS) is 16.8. The molecule has 126 valence electrons. The van der Waals surface area contributed by atoms with Crippen molar-refractivity contribution in [2.24, 2.45) is 0 Å². The molecule has 2 N–H and O–H groups in total. The summed E-state index contributed by atoms with van der Waals surface area (Å²) in [5.41, 5.74) is 1.60. The summed E-state index contributed by atoms with van der Waals surface area (Å²) in [6, 6.07) is 8.54. The average Bonchev–Trinajstić information content (AvgIpc) is 3.11. The van der Waals surface area contributed by atoms with Crippen molar-refractivity contribution in [1.82, 2.24) is 4.98 Å². The van der Waals surface area contributed by atoms with Crippen molar-refractivity contribution in [3.63, 3.8) is 0 Å². The second-order valence-electron chi connectivity index (χ2n) is 5.50. The number of aromatic nitrogens is 1. The number of benzene rings is 1. The fourth-order valence-corrected chi connectivity index (χ4v) is 2.80. The van der Waals surface area contributed by atoms with Crippen molar-refractivity contribution in [3.05, 3.63) is 52.3 Å². The van der Waals surface area contributed by atoms with Crippen LogP contribution in [0.4, 0.5) is 11.4 Å². The van der Waals surface area contributed by atoms with Crippen molar-refractivity contribution in [3.8, 4) is 0 Å². The molecule has 1 atom stereocenters. The summed E-state index contributed by atoms with van der Waals surface area (Å²) >= 11 is 12.0. The van der Waals surface area contributed by atoms with E-state index in [4.69, 9.17) is 27.9 Å². The number of anilines is 2. The quantitative estimate of drug-likeness (QED) is 0.831. The molecule has 0 aliphatic carbocycles. The summed E-state index contributed by atoms with van der Waals surface area (Å²) < 4.78 is 5.55. The first kappa shape index (κ1) is 17.0. The Morgan fingerprint density at radius 2 is 2.17 bits per heavy atom. The molecule has 2 heterocycles. The Hall–Kier alpha value is -1.82. The smallest absolute Gasteiger partial charge is 0.274 e. The molecule has 24 heavy (non-hydrogen) atoms. The molecule has 1 aromatic carbocycles. The Kier molecular flexibility index (Phi) is 5.56. The van der Waals surface area contributed by atoms with Gasteiger partial charge in [0, 0.05) is 13.2 Å². The molecule has 0 radical (unpaired) electrons. The lowest BCUT2D eigenvalue weighted by molar-refractivity contribution is 0.102. The van der Waals surface area contributed by atoms with E-state index in [9.17, 15) is 4.79 Å². The summed E-state index contributed by atoms with van der Waals surface area (Å²) in [7, 11) is 0. The van der Waals surface area contributed by atoms with E-state index in [-0.39, 0.29) is 12.0 Å². The summed E-state index contributed by atoms with van der Waals surface area (Å²) in [6.07, 6.45) is 4.05. The third kappa shape index (κ3) is 4.17. The highest BCUT2D eigenvalue weighted by Gasteiger charge is 2.15. The Morgan fingerprint density at radius 1 is 1.29 bits per heavy atom. The van der Waals surface area contributed by atoms with E-state index >= 15 is 0 Å². The van der Waals surface area contributed by atoms with E-state index in [0.717, 1.165) is 31.7 Å². The molecule has 1 aliphatic rings. The number of carbonyl (C=O) groups is 1. The molecule has 0 spiro atoms. The highest BCUT2D eigenvalue weighted by Crippen LogP contribution is 2.29. The van der Waals surface area contributed by atoms with Crippen LogP contribution in [0.5, 0.6) is 0 Å². The van der Waals surface area contributed by atoms with Gasteiger partial charge in [0.05, 0.1) is 33.7 Å². The second kappa shape index (κ2) is 7.83. The lowest BCUT2D eigenvalue weighted by Gasteiger charge is -2.12. The van der Waals surface area contributed by atoms with Crippen LogP contribution in [-0.4, -0.2) is 30.1 Å². The lowest BCUT2D eigenvalue weighted by atomic mass is 10.2. The van der Waals surface area contributed by atoms with Gasteiger partial charge in [-0.1, -0.05) is 29.3 Å². The minimum atomic E-state index is -0.343. The Labute approximate surface area is 150 Å². The number of ether oxygens (including phenoxy) is 1. The zero-order valence-electron chi connectivity index (χ0n) is 12.9. The fourth-order valence-electron chi connectivity index (χ4n) is 2.46. The van der Waals surface area contributed by atoms with E-state index in [1.807, 2.05) is 6.07 Å². The Balaban J connectivity index is 1.60. The molecule has 3 rings (SSSR count). The van der Waals surface area contributed by atoms with E-state index in [0.29, 0.717) is 21.4 Å². The zero-order valence-corrected chi connectivity index (χ0v) is 14.4. The van der Waals surface area contributed by atoms with Crippen LogP contribution in [-0.2, 0) is 4.74 Å². The fraction of sp³-hybridized carbons (Fsp3) is 0.294. The van der Waals surface area contributed by atoms with E-state index < -0.39 is 0 Å². The first-order valence-electron chi connectivity index (χ1n) is 7.70. The first-order valence-corrected chi connectivity index (χ1v) is 8.46. The summed E-state index contributed by atoms with van der Waals surface area (Å²) in [4.78, 5) is 16.4. The van der Waals surface area contributed by atoms with Crippen LogP contribution in [0.2, 0.25) is 10.0 Å². The van der Waals surface area contributed by atoms with Gasteiger partial charge in [-0.05, 0) is 37.1 Å². The van der Waals surface area contributed by atoms with Gasteiger partial charge >= 0.3 is 0 Å². The third-order valence-electron chi connectivity index (χ3n) is 3.75. The lowest BCUT2D eigenvalue weighted by Crippen LogP contribution is -2.19. The topological polar surface area (TPSA) is 63.2 Å². The summed E-state index contributed by atoms with van der Waals surface area (Å²) in [6.45, 7) is 1.57. The number of halogens is 2. The van der Waals surface area contributed by atoms with Crippen LogP contribution in [0.3, 0.4) is 0 Å². The molecule has 1 fully saturated rings. The predicted octanol–water partition coefficient (Wildman–Crippen LogP) is 4.23. The molecule has 0 bridgehead atoms. The second-order valence-corrected chi connectivity index (χ2v) is 6.29. The Morgan fingerprint density at radius 3 is 2.88 bits per heavy atom. The number of hydrogen-bond acceptors (Lipinski definition) is 4. The van der Waals surface area contributed by atoms with Gasteiger partial charge in [0.15, 0.2) is 0 Å². The maximum atomic E-state index is 12.2. The highest BCUT2D eigenvalue weighted by molar-refractivity contribution is 6.44. The summed E-state index contributed by atoms with van der Waals surface area (Å²) in [5.74, 6) is -0.343. The number of pyridine rings is 1. The largest absolute Gasteiger partial charge is 0.381 e. The van der Waals surface area contributed by atoms with Crippen molar-refractivity contribution in [2.45, 2.75) is 18.9 Å². The highest BCUT2D eigenvalue weighted by atomic mass is 35.5. The van der Waals surface area contributed by atoms with Crippen LogP contribution in [0.15, 0.2) is 36.5 Å². The van der Waals surface area contributed by atoms with Crippen molar-refractivity contribution in [1.29, 1.82) is 0 Å². The van der Waals surface area contributed by atoms with Crippen LogP contribution in [0.25, 0.3) is 0 Å². The zero-order chi connectivity index (χ0) is 16.9. The number of amides is 1. The SMILES string of the molecule is O=C(Nc1cccc(Cl)c1Cl)c1ccc(NCC2CCCO2)cn1. The van der Waals surface area contributed by atoms with E-state index in [1.165, 1.54) is 0 Å². The van der Waals surface area contributed by atoms with Gasteiger partial charge in [0.2, 0.25) is 0 Å². The van der Waals surface area contributed by atoms with Crippen LogP contribution >= 0.6 is 23.2 Å².